The lowest BCUT2D eigenvalue weighted by atomic mass is 10.1. The van der Waals surface area contributed by atoms with Crippen LogP contribution in [0.2, 0.25) is 0 Å². The van der Waals surface area contributed by atoms with Crippen molar-refractivity contribution in [3.8, 4) is 5.75 Å². The SMILES string of the molecule is CC(C)c1cc(NC(=O)COc2ccc(CN)cc2)on1. The molecule has 0 aliphatic rings. The molecule has 6 nitrogen and oxygen atoms in total. The van der Waals surface area contributed by atoms with E-state index in [1.54, 1.807) is 18.2 Å². The molecule has 1 aromatic heterocycles. The van der Waals surface area contributed by atoms with Crippen LogP contribution in [0, 0.1) is 0 Å². The number of ether oxygens (including phenoxy) is 1. The predicted octanol–water partition coefficient (Wildman–Crippen LogP) is 2.27. The number of nitrogens with two attached hydrogens (primary N) is 1. The number of benzene rings is 1. The topological polar surface area (TPSA) is 90.4 Å². The predicted molar refractivity (Wildman–Crippen MR) is 79.1 cm³/mol. The smallest absolute Gasteiger partial charge is 0.264 e. The Kier molecular flexibility index (Phi) is 4.94. The van der Waals surface area contributed by atoms with Crippen molar-refractivity contribution in [3.63, 3.8) is 0 Å². The Morgan fingerprint density at radius 1 is 1.38 bits per heavy atom. The largest absolute Gasteiger partial charge is 0.484 e. The molecule has 0 atom stereocenters. The number of carbonyl (C=O) groups excluding carboxylic acids is 1. The van der Waals surface area contributed by atoms with Gasteiger partial charge in [-0.1, -0.05) is 31.1 Å². The molecule has 0 spiro atoms. The van der Waals surface area contributed by atoms with E-state index in [0.29, 0.717) is 18.2 Å². The number of hydrogen-bond acceptors (Lipinski definition) is 5. The molecule has 112 valence electrons. The zero-order valence-corrected chi connectivity index (χ0v) is 12.1. The van der Waals surface area contributed by atoms with Gasteiger partial charge in [0.15, 0.2) is 6.61 Å². The Balaban J connectivity index is 1.83. The second kappa shape index (κ2) is 6.90. The standard InChI is InChI=1S/C15H19N3O3/c1-10(2)13-7-15(21-18-13)17-14(19)9-20-12-5-3-11(8-16)4-6-12/h3-7,10H,8-9,16H2,1-2H3,(H,17,19). The van der Waals surface area contributed by atoms with Crippen molar-refractivity contribution in [2.24, 2.45) is 5.73 Å². The van der Waals surface area contributed by atoms with Crippen LogP contribution in [0.4, 0.5) is 5.88 Å². The van der Waals surface area contributed by atoms with Gasteiger partial charge in [0.05, 0.1) is 5.69 Å². The molecule has 2 aromatic rings. The van der Waals surface area contributed by atoms with E-state index >= 15 is 0 Å². The summed E-state index contributed by atoms with van der Waals surface area (Å²) in [5.41, 5.74) is 7.31. The average Bonchev–Trinajstić information content (AvgIpc) is 2.94. The third kappa shape index (κ3) is 4.32. The van der Waals surface area contributed by atoms with Crippen LogP contribution in [0.3, 0.4) is 0 Å². The Morgan fingerprint density at radius 3 is 2.67 bits per heavy atom. The molecule has 0 unspecified atom stereocenters. The van der Waals surface area contributed by atoms with Gasteiger partial charge in [-0.2, -0.15) is 0 Å². The van der Waals surface area contributed by atoms with Crippen LogP contribution in [-0.4, -0.2) is 17.7 Å². The molecule has 0 saturated heterocycles. The number of nitrogens with one attached hydrogen (secondary N) is 1. The molecule has 0 fully saturated rings. The number of amides is 1. The summed E-state index contributed by atoms with van der Waals surface area (Å²) in [6.07, 6.45) is 0. The highest BCUT2D eigenvalue weighted by atomic mass is 16.5. The first kappa shape index (κ1) is 15.1. The normalized spacial score (nSPS) is 10.7. The third-order valence-electron chi connectivity index (χ3n) is 2.91. The van der Waals surface area contributed by atoms with Crippen LogP contribution in [0.15, 0.2) is 34.9 Å². The fourth-order valence-electron chi connectivity index (χ4n) is 1.66. The zero-order chi connectivity index (χ0) is 15.2. The summed E-state index contributed by atoms with van der Waals surface area (Å²) < 4.78 is 10.4. The molecule has 2 rings (SSSR count). The van der Waals surface area contributed by atoms with Crippen molar-refractivity contribution in [2.75, 3.05) is 11.9 Å². The fourth-order valence-corrected chi connectivity index (χ4v) is 1.66. The lowest BCUT2D eigenvalue weighted by molar-refractivity contribution is -0.118. The summed E-state index contributed by atoms with van der Waals surface area (Å²) in [7, 11) is 0. The molecular formula is C15H19N3O3. The van der Waals surface area contributed by atoms with Crippen molar-refractivity contribution in [2.45, 2.75) is 26.3 Å². The molecule has 1 heterocycles. The molecule has 0 bridgehead atoms. The highest BCUT2D eigenvalue weighted by Crippen LogP contribution is 2.17. The maximum absolute atomic E-state index is 11.7. The molecule has 0 aliphatic carbocycles. The number of anilines is 1. The first-order valence-electron chi connectivity index (χ1n) is 6.76. The highest BCUT2D eigenvalue weighted by molar-refractivity contribution is 5.90. The van der Waals surface area contributed by atoms with E-state index in [4.69, 9.17) is 15.0 Å². The maximum Gasteiger partial charge on any atom is 0.264 e. The molecule has 21 heavy (non-hydrogen) atoms. The van der Waals surface area contributed by atoms with Gasteiger partial charge in [0.25, 0.3) is 5.91 Å². The van der Waals surface area contributed by atoms with Gasteiger partial charge in [-0.3, -0.25) is 10.1 Å². The van der Waals surface area contributed by atoms with Gasteiger partial charge in [-0.25, -0.2) is 0 Å². The van der Waals surface area contributed by atoms with Crippen LogP contribution in [0.1, 0.15) is 31.0 Å². The number of nitrogens with zero attached hydrogens (tertiary/aromatic N) is 1. The molecule has 1 aromatic carbocycles. The molecule has 0 aliphatic heterocycles. The van der Waals surface area contributed by atoms with Crippen molar-refractivity contribution >= 4 is 11.8 Å². The van der Waals surface area contributed by atoms with Crippen LogP contribution in [0.5, 0.6) is 5.75 Å². The number of rotatable bonds is 6. The summed E-state index contributed by atoms with van der Waals surface area (Å²) in [6, 6.07) is 8.98. The fraction of sp³-hybridized carbons (Fsp3) is 0.333. The molecule has 3 N–H and O–H groups in total. The van der Waals surface area contributed by atoms with E-state index in [1.165, 1.54) is 0 Å². The van der Waals surface area contributed by atoms with Gasteiger partial charge in [-0.15, -0.1) is 0 Å². The van der Waals surface area contributed by atoms with Crippen LogP contribution < -0.4 is 15.8 Å². The Labute approximate surface area is 123 Å². The Bertz CT molecular complexity index is 590. The van der Waals surface area contributed by atoms with Crippen molar-refractivity contribution < 1.29 is 14.1 Å². The number of hydrogen-bond donors (Lipinski definition) is 2. The summed E-state index contributed by atoms with van der Waals surface area (Å²) in [5, 5.41) is 6.46. The Morgan fingerprint density at radius 2 is 2.10 bits per heavy atom. The second-order valence-corrected chi connectivity index (χ2v) is 4.96. The van der Waals surface area contributed by atoms with Crippen molar-refractivity contribution in [1.29, 1.82) is 0 Å². The quantitative estimate of drug-likeness (QED) is 0.851. The molecule has 0 radical (unpaired) electrons. The van der Waals surface area contributed by atoms with E-state index in [0.717, 1.165) is 11.3 Å². The second-order valence-electron chi connectivity index (χ2n) is 4.96. The minimum Gasteiger partial charge on any atom is -0.484 e. The minimum atomic E-state index is -0.302. The monoisotopic (exact) mass is 289 g/mol. The minimum absolute atomic E-state index is 0.0975. The Hall–Kier alpha value is -2.34. The van der Waals surface area contributed by atoms with Gasteiger partial charge < -0.3 is 15.0 Å². The van der Waals surface area contributed by atoms with Crippen LogP contribution in [-0.2, 0) is 11.3 Å². The zero-order valence-electron chi connectivity index (χ0n) is 12.1. The maximum atomic E-state index is 11.7. The molecule has 1 amide bonds. The lowest BCUT2D eigenvalue weighted by Gasteiger charge is -2.06. The van der Waals surface area contributed by atoms with Gasteiger partial charge in [0, 0.05) is 12.6 Å². The van der Waals surface area contributed by atoms with E-state index in [9.17, 15) is 4.79 Å². The van der Waals surface area contributed by atoms with Gasteiger partial charge in [-0.05, 0) is 23.6 Å². The van der Waals surface area contributed by atoms with Crippen molar-refractivity contribution in [1.82, 2.24) is 5.16 Å². The van der Waals surface area contributed by atoms with E-state index in [-0.39, 0.29) is 18.4 Å². The average molecular weight is 289 g/mol. The van der Waals surface area contributed by atoms with E-state index < -0.39 is 0 Å². The van der Waals surface area contributed by atoms with Gasteiger partial charge >= 0.3 is 0 Å². The van der Waals surface area contributed by atoms with E-state index in [1.807, 2.05) is 26.0 Å². The first-order valence-corrected chi connectivity index (χ1v) is 6.76. The van der Waals surface area contributed by atoms with Crippen LogP contribution in [0.25, 0.3) is 0 Å². The number of aromatic nitrogens is 1. The summed E-state index contributed by atoms with van der Waals surface area (Å²) in [6.45, 7) is 4.37. The molecular weight excluding hydrogens is 270 g/mol. The third-order valence-corrected chi connectivity index (χ3v) is 2.91. The molecule has 6 heteroatoms. The van der Waals surface area contributed by atoms with Crippen molar-refractivity contribution in [3.05, 3.63) is 41.6 Å². The summed E-state index contributed by atoms with van der Waals surface area (Å²) >= 11 is 0. The first-order chi connectivity index (χ1) is 10.1. The lowest BCUT2D eigenvalue weighted by Crippen LogP contribution is -2.19. The highest BCUT2D eigenvalue weighted by Gasteiger charge is 2.10. The van der Waals surface area contributed by atoms with Gasteiger partial charge in [0.1, 0.15) is 5.75 Å². The van der Waals surface area contributed by atoms with Gasteiger partial charge in [0.2, 0.25) is 5.88 Å². The van der Waals surface area contributed by atoms with Crippen LogP contribution >= 0.6 is 0 Å². The summed E-state index contributed by atoms with van der Waals surface area (Å²) in [4.78, 5) is 11.7. The summed E-state index contributed by atoms with van der Waals surface area (Å²) in [5.74, 6) is 0.884. The van der Waals surface area contributed by atoms with E-state index in [2.05, 4.69) is 10.5 Å². The molecule has 0 saturated carbocycles. The number of carbonyl (C=O) groups is 1.